The highest BCUT2D eigenvalue weighted by Crippen LogP contribution is 2.51. The van der Waals surface area contributed by atoms with Gasteiger partial charge in [0.2, 0.25) is 0 Å². The zero-order valence-corrected chi connectivity index (χ0v) is 22.8. The van der Waals surface area contributed by atoms with E-state index in [1.807, 2.05) is 92.4 Å². The van der Waals surface area contributed by atoms with Crippen LogP contribution in [-0.4, -0.2) is 37.6 Å². The molecule has 2 fully saturated rings. The average molecular weight is 564 g/mol. The second-order valence-electron chi connectivity index (χ2n) is 10.4. The predicted octanol–water partition coefficient (Wildman–Crippen LogP) is 6.19. The normalized spacial score (nSPS) is 22.5. The number of aromatic hydroxyl groups is 1. The highest BCUT2D eigenvalue weighted by atomic mass is 32.2. The third kappa shape index (κ3) is 4.98. The van der Waals surface area contributed by atoms with Crippen LogP contribution in [-0.2, 0) is 14.9 Å². The molecular formula is C34H27O6S. The number of phenols is 1. The Labute approximate surface area is 240 Å². The van der Waals surface area contributed by atoms with E-state index in [2.05, 4.69) is 0 Å². The maximum atomic E-state index is 13.8. The van der Waals surface area contributed by atoms with E-state index in [4.69, 9.17) is 13.7 Å². The fraction of sp³-hybridized carbons (Fsp3) is 0.147. The largest absolute Gasteiger partial charge is 0.508 e. The van der Waals surface area contributed by atoms with Gasteiger partial charge in [0.15, 0.2) is 0 Å². The van der Waals surface area contributed by atoms with Crippen molar-refractivity contribution in [2.75, 3.05) is 6.61 Å². The van der Waals surface area contributed by atoms with Crippen molar-refractivity contribution in [1.29, 1.82) is 0 Å². The molecule has 1 saturated carbocycles. The molecule has 2 bridgehead atoms. The Balaban J connectivity index is 1.21. The average Bonchev–Trinajstić information content (AvgIpc) is 3.74. The van der Waals surface area contributed by atoms with Crippen molar-refractivity contribution >= 4 is 32.0 Å². The molecule has 6 nitrogen and oxygen atoms in total. The molecule has 3 atom stereocenters. The topological polar surface area (TPSA) is 82.1 Å². The lowest BCUT2D eigenvalue weighted by Crippen LogP contribution is -2.35. The second-order valence-corrected chi connectivity index (χ2v) is 12.1. The van der Waals surface area contributed by atoms with E-state index in [0.717, 1.165) is 39.0 Å². The molecule has 0 amide bonds. The van der Waals surface area contributed by atoms with Gasteiger partial charge in [-0.15, -0.1) is 0 Å². The number of fused-ring (bicyclic) bond motifs is 3. The standard InChI is InChI=1S/C34H27O6S/c35-26-16-12-24(13-17-26)32-30-20-31(41(36,37)40-29-11-5-9-23-8-3-4-10-28(23)29)34(39-30)33(32)25-14-18-27(19-15-25)38-21-22-6-1-2-7-22/h1-19,30-31,34-35H,20-21H2/t30-,31+,34+/m1/s1. The minimum atomic E-state index is -4.05. The Hall–Kier alpha value is -3.81. The van der Waals surface area contributed by atoms with E-state index in [1.54, 1.807) is 24.3 Å². The monoisotopic (exact) mass is 563 g/mol. The Morgan fingerprint density at radius 1 is 0.805 bits per heavy atom. The molecule has 205 valence electrons. The number of hydrogen-bond acceptors (Lipinski definition) is 6. The van der Waals surface area contributed by atoms with Crippen LogP contribution >= 0.6 is 0 Å². The number of rotatable bonds is 8. The van der Waals surface area contributed by atoms with Gasteiger partial charge in [-0.05, 0) is 83.7 Å². The van der Waals surface area contributed by atoms with E-state index in [0.29, 0.717) is 18.1 Å². The molecule has 4 aromatic rings. The quantitative estimate of drug-likeness (QED) is 0.258. The molecule has 1 aliphatic carbocycles. The van der Waals surface area contributed by atoms with Crippen LogP contribution in [0.1, 0.15) is 17.5 Å². The van der Waals surface area contributed by atoms with E-state index in [9.17, 15) is 13.5 Å². The summed E-state index contributed by atoms with van der Waals surface area (Å²) in [5.74, 6) is 2.28. The summed E-state index contributed by atoms with van der Waals surface area (Å²) < 4.78 is 45.6. The van der Waals surface area contributed by atoms with Crippen LogP contribution in [0.4, 0.5) is 0 Å². The molecule has 1 N–H and O–H groups in total. The van der Waals surface area contributed by atoms with Gasteiger partial charge in [-0.1, -0.05) is 60.7 Å². The molecule has 4 aromatic carbocycles. The Bertz CT molecular complexity index is 1700. The lowest BCUT2D eigenvalue weighted by Gasteiger charge is -2.25. The van der Waals surface area contributed by atoms with Crippen molar-refractivity contribution in [3.05, 3.63) is 134 Å². The van der Waals surface area contributed by atoms with Gasteiger partial charge in [-0.2, -0.15) is 8.42 Å². The minimum absolute atomic E-state index is 0.162. The number of hydrogen-bond donors (Lipinski definition) is 1. The SMILES string of the molecule is O=S(=O)(Oc1cccc2ccccc12)[C@H]1C[C@H]2O[C@@H]1C(c1ccc(OC[C]3[CH][CH][CH][CH]3)cc1)=C2c1ccc(O)cc1. The second kappa shape index (κ2) is 10.5. The predicted molar refractivity (Wildman–Crippen MR) is 158 cm³/mol. The molecule has 7 heteroatoms. The summed E-state index contributed by atoms with van der Waals surface area (Å²) >= 11 is 0. The van der Waals surface area contributed by atoms with Crippen molar-refractivity contribution in [3.8, 4) is 17.2 Å². The highest BCUT2D eigenvalue weighted by molar-refractivity contribution is 7.87. The summed E-state index contributed by atoms with van der Waals surface area (Å²) in [7, 11) is -4.05. The van der Waals surface area contributed by atoms with Crippen LogP contribution in [0, 0.1) is 31.6 Å². The Morgan fingerprint density at radius 2 is 1.49 bits per heavy atom. The molecule has 0 unspecified atom stereocenters. The molecular weight excluding hydrogens is 536 g/mol. The Morgan fingerprint density at radius 3 is 2.27 bits per heavy atom. The molecule has 3 aliphatic rings. The molecule has 2 aliphatic heterocycles. The van der Waals surface area contributed by atoms with Crippen molar-refractivity contribution in [1.82, 2.24) is 0 Å². The first-order chi connectivity index (χ1) is 20.0. The molecule has 41 heavy (non-hydrogen) atoms. The summed E-state index contributed by atoms with van der Waals surface area (Å²) in [6.45, 7) is 0.466. The summed E-state index contributed by atoms with van der Waals surface area (Å²) in [5.41, 5.74) is 3.47. The summed E-state index contributed by atoms with van der Waals surface area (Å²) in [6, 6.07) is 27.5. The maximum absolute atomic E-state index is 13.8. The smallest absolute Gasteiger partial charge is 0.315 e. The first-order valence-electron chi connectivity index (χ1n) is 13.5. The van der Waals surface area contributed by atoms with Crippen molar-refractivity contribution in [3.63, 3.8) is 0 Å². The van der Waals surface area contributed by atoms with Gasteiger partial charge in [0.25, 0.3) is 0 Å². The molecule has 0 spiro atoms. The fourth-order valence-corrected chi connectivity index (χ4v) is 7.29. The van der Waals surface area contributed by atoms with Gasteiger partial charge in [0.05, 0.1) is 12.7 Å². The molecule has 0 aromatic heterocycles. The van der Waals surface area contributed by atoms with Gasteiger partial charge >= 0.3 is 10.1 Å². The lowest BCUT2D eigenvalue weighted by molar-refractivity contribution is 0.128. The third-order valence-electron chi connectivity index (χ3n) is 7.80. The number of phenolic OH excluding ortho intramolecular Hbond substituents is 1. The van der Waals surface area contributed by atoms with E-state index >= 15 is 0 Å². The van der Waals surface area contributed by atoms with Gasteiger partial charge < -0.3 is 18.8 Å². The van der Waals surface area contributed by atoms with Crippen LogP contribution in [0.25, 0.3) is 21.9 Å². The summed E-state index contributed by atoms with van der Waals surface area (Å²) in [6.07, 6.45) is 7.11. The van der Waals surface area contributed by atoms with Crippen molar-refractivity contribution in [2.45, 2.75) is 23.9 Å². The van der Waals surface area contributed by atoms with Gasteiger partial charge in [0, 0.05) is 17.7 Å². The number of benzene rings is 4. The molecule has 1 saturated heterocycles. The molecule has 7 rings (SSSR count). The number of ether oxygens (including phenoxy) is 2. The van der Waals surface area contributed by atoms with Gasteiger partial charge in [-0.25, -0.2) is 0 Å². The zero-order chi connectivity index (χ0) is 28.0. The van der Waals surface area contributed by atoms with Gasteiger partial charge in [-0.3, -0.25) is 0 Å². The summed E-state index contributed by atoms with van der Waals surface area (Å²) in [4.78, 5) is 0. The molecule has 2 heterocycles. The van der Waals surface area contributed by atoms with Crippen LogP contribution < -0.4 is 8.92 Å². The lowest BCUT2D eigenvalue weighted by atomic mass is 9.83. The Kier molecular flexibility index (Phi) is 6.72. The van der Waals surface area contributed by atoms with Crippen LogP contribution in [0.15, 0.2) is 91.0 Å². The van der Waals surface area contributed by atoms with Gasteiger partial charge in [0.1, 0.15) is 28.6 Å². The minimum Gasteiger partial charge on any atom is -0.508 e. The third-order valence-corrected chi connectivity index (χ3v) is 9.39. The zero-order valence-electron chi connectivity index (χ0n) is 22.0. The molecule has 5 radical (unpaired) electrons. The van der Waals surface area contributed by atoms with E-state index < -0.39 is 27.6 Å². The fourth-order valence-electron chi connectivity index (χ4n) is 5.86. The maximum Gasteiger partial charge on any atom is 0.315 e. The van der Waals surface area contributed by atoms with E-state index in [-0.39, 0.29) is 12.2 Å². The van der Waals surface area contributed by atoms with Crippen LogP contribution in [0.5, 0.6) is 17.2 Å². The first-order valence-corrected chi connectivity index (χ1v) is 15.0. The van der Waals surface area contributed by atoms with Crippen molar-refractivity contribution in [2.24, 2.45) is 0 Å². The van der Waals surface area contributed by atoms with Crippen LogP contribution in [0.3, 0.4) is 0 Å². The summed E-state index contributed by atoms with van der Waals surface area (Å²) in [5, 5.41) is 10.6. The van der Waals surface area contributed by atoms with Crippen LogP contribution in [0.2, 0.25) is 0 Å². The highest BCUT2D eigenvalue weighted by Gasteiger charge is 2.53. The van der Waals surface area contributed by atoms with Crippen molar-refractivity contribution < 1.29 is 27.2 Å². The first kappa shape index (κ1) is 26.1. The van der Waals surface area contributed by atoms with E-state index in [1.165, 1.54) is 0 Å².